The van der Waals surface area contributed by atoms with E-state index in [-0.39, 0.29) is 18.1 Å². The number of likely N-dealkylation sites (N-methyl/N-ethyl adjacent to an activating group) is 1. The lowest BCUT2D eigenvalue weighted by atomic mass is 10.0. The summed E-state index contributed by atoms with van der Waals surface area (Å²) in [4.78, 5) is 19.4. The topological polar surface area (TPSA) is 78.2 Å². The average Bonchev–Trinajstić information content (AvgIpc) is 3.44. The van der Waals surface area contributed by atoms with E-state index in [0.717, 1.165) is 28.3 Å². The van der Waals surface area contributed by atoms with Crippen molar-refractivity contribution in [3.63, 3.8) is 0 Å². The molecule has 0 spiro atoms. The van der Waals surface area contributed by atoms with Gasteiger partial charge in [-0.05, 0) is 61.6 Å². The molecule has 7 heteroatoms. The minimum absolute atomic E-state index is 0.00825. The van der Waals surface area contributed by atoms with Crippen molar-refractivity contribution < 1.29 is 9.53 Å². The number of benzene rings is 2. The molecule has 3 aromatic rings. The molecule has 1 amide bonds. The molecule has 6 nitrogen and oxygen atoms in total. The van der Waals surface area contributed by atoms with E-state index in [9.17, 15) is 10.1 Å². The number of carbonyl (C=O) groups is 1. The average molecular weight is 461 g/mol. The number of hydrogen-bond donors (Lipinski definition) is 1. The predicted molar refractivity (Wildman–Crippen MR) is 131 cm³/mol. The van der Waals surface area contributed by atoms with Crippen LogP contribution in [0.25, 0.3) is 21.0 Å². The molecule has 170 valence electrons. The Kier molecular flexibility index (Phi) is 6.77. The van der Waals surface area contributed by atoms with Gasteiger partial charge in [0.2, 0.25) is 5.91 Å². The Hall–Kier alpha value is -3.21. The first-order chi connectivity index (χ1) is 15.9. The standard InChI is InChI=1S/C26H28N4O2S/c1-16(2)32-23-11-8-17(12-18(23)13-27)26-29-14-24(33-26)21-7-5-6-20-19(21)9-10-22(20)28-15-25(31)30(3)4/h5-8,11-12,14,16,22,28H,9-10,15H2,1-4H3/t22-/m0/s1. The van der Waals surface area contributed by atoms with E-state index in [0.29, 0.717) is 17.9 Å². The number of nitrogens with one attached hydrogen (secondary N) is 1. The zero-order valence-electron chi connectivity index (χ0n) is 19.4. The van der Waals surface area contributed by atoms with Crippen molar-refractivity contribution in [3.05, 3.63) is 59.3 Å². The zero-order chi connectivity index (χ0) is 23.5. The first kappa shape index (κ1) is 23.0. The van der Waals surface area contributed by atoms with Crippen molar-refractivity contribution in [2.45, 2.75) is 38.8 Å². The summed E-state index contributed by atoms with van der Waals surface area (Å²) in [6.07, 6.45) is 3.86. The van der Waals surface area contributed by atoms with Gasteiger partial charge in [-0.25, -0.2) is 4.98 Å². The van der Waals surface area contributed by atoms with Crippen LogP contribution in [0, 0.1) is 11.3 Å². The lowest BCUT2D eigenvalue weighted by molar-refractivity contribution is -0.127. The first-order valence-electron chi connectivity index (χ1n) is 11.1. The number of rotatable bonds is 7. The maximum atomic E-state index is 12.0. The maximum Gasteiger partial charge on any atom is 0.236 e. The summed E-state index contributed by atoms with van der Waals surface area (Å²) in [7, 11) is 3.55. The van der Waals surface area contributed by atoms with Crippen LogP contribution in [-0.2, 0) is 11.2 Å². The molecule has 0 saturated carbocycles. The number of aromatic nitrogens is 1. The molecule has 1 aromatic heterocycles. The minimum Gasteiger partial charge on any atom is -0.490 e. The van der Waals surface area contributed by atoms with Gasteiger partial charge in [0.15, 0.2) is 0 Å². The Morgan fingerprint density at radius 3 is 2.88 bits per heavy atom. The van der Waals surface area contributed by atoms with E-state index in [2.05, 4.69) is 34.6 Å². The Morgan fingerprint density at radius 1 is 1.33 bits per heavy atom. The van der Waals surface area contributed by atoms with Crippen LogP contribution in [0.4, 0.5) is 0 Å². The quantitative estimate of drug-likeness (QED) is 0.548. The smallest absolute Gasteiger partial charge is 0.236 e. The number of carbonyl (C=O) groups excluding carboxylic acids is 1. The molecule has 1 aliphatic carbocycles. The molecule has 1 aliphatic rings. The Labute approximate surface area is 198 Å². The van der Waals surface area contributed by atoms with E-state index in [1.54, 1.807) is 30.3 Å². The van der Waals surface area contributed by atoms with Gasteiger partial charge in [0.05, 0.1) is 23.1 Å². The van der Waals surface area contributed by atoms with E-state index >= 15 is 0 Å². The third-order valence-corrected chi connectivity index (χ3v) is 6.83. The number of hydrogen-bond acceptors (Lipinski definition) is 6. The summed E-state index contributed by atoms with van der Waals surface area (Å²) in [6.45, 7) is 4.23. The van der Waals surface area contributed by atoms with Crippen LogP contribution >= 0.6 is 11.3 Å². The molecule has 1 N–H and O–H groups in total. The molecular weight excluding hydrogens is 432 g/mol. The third kappa shape index (κ3) is 4.92. The second-order valence-corrected chi connectivity index (χ2v) is 9.68. The van der Waals surface area contributed by atoms with Crippen molar-refractivity contribution >= 4 is 17.2 Å². The molecule has 1 atom stereocenters. The van der Waals surface area contributed by atoms with Gasteiger partial charge in [0.25, 0.3) is 0 Å². The maximum absolute atomic E-state index is 12.0. The highest BCUT2D eigenvalue weighted by atomic mass is 32.1. The number of nitrogens with zero attached hydrogens (tertiary/aromatic N) is 3. The molecule has 0 unspecified atom stereocenters. The second kappa shape index (κ2) is 9.74. The van der Waals surface area contributed by atoms with Gasteiger partial charge in [-0.2, -0.15) is 5.26 Å². The van der Waals surface area contributed by atoms with Crippen molar-refractivity contribution in [1.82, 2.24) is 15.2 Å². The minimum atomic E-state index is 0.00825. The largest absolute Gasteiger partial charge is 0.490 e. The van der Waals surface area contributed by atoms with E-state index < -0.39 is 0 Å². The van der Waals surface area contributed by atoms with E-state index in [1.165, 1.54) is 16.7 Å². The summed E-state index contributed by atoms with van der Waals surface area (Å²) in [5, 5.41) is 13.8. The summed E-state index contributed by atoms with van der Waals surface area (Å²) in [5.41, 5.74) is 5.20. The Morgan fingerprint density at radius 2 is 2.15 bits per heavy atom. The molecule has 2 aromatic carbocycles. The molecule has 0 bridgehead atoms. The molecule has 0 fully saturated rings. The van der Waals surface area contributed by atoms with E-state index in [1.807, 2.05) is 38.2 Å². The highest BCUT2D eigenvalue weighted by molar-refractivity contribution is 7.18. The number of nitriles is 1. The molecule has 0 aliphatic heterocycles. The fourth-order valence-electron chi connectivity index (χ4n) is 4.11. The molecule has 1 heterocycles. The van der Waals surface area contributed by atoms with Gasteiger partial charge in [-0.15, -0.1) is 11.3 Å². The van der Waals surface area contributed by atoms with Gasteiger partial charge < -0.3 is 15.0 Å². The van der Waals surface area contributed by atoms with Crippen LogP contribution in [-0.4, -0.2) is 42.5 Å². The number of ether oxygens (including phenoxy) is 1. The molecule has 4 rings (SSSR count). The predicted octanol–water partition coefficient (Wildman–Crippen LogP) is 4.80. The molecular formula is C26H28N4O2S. The second-order valence-electron chi connectivity index (χ2n) is 8.65. The van der Waals surface area contributed by atoms with Crippen LogP contribution in [0.1, 0.15) is 43.0 Å². The normalized spacial score (nSPS) is 14.7. The Balaban J connectivity index is 1.58. The zero-order valence-corrected chi connectivity index (χ0v) is 20.2. The fraction of sp³-hybridized carbons (Fsp3) is 0.346. The summed E-state index contributed by atoms with van der Waals surface area (Å²) in [6, 6.07) is 14.4. The van der Waals surface area contributed by atoms with Crippen LogP contribution in [0.15, 0.2) is 42.6 Å². The number of amides is 1. The van der Waals surface area contributed by atoms with Crippen LogP contribution in [0.5, 0.6) is 5.75 Å². The molecule has 0 saturated heterocycles. The summed E-state index contributed by atoms with van der Waals surface area (Å²) >= 11 is 1.62. The van der Waals surface area contributed by atoms with Gasteiger partial charge in [-0.3, -0.25) is 4.79 Å². The molecule has 0 radical (unpaired) electrons. The first-order valence-corrected chi connectivity index (χ1v) is 11.9. The van der Waals surface area contributed by atoms with Crippen LogP contribution in [0.3, 0.4) is 0 Å². The van der Waals surface area contributed by atoms with Crippen LogP contribution < -0.4 is 10.1 Å². The summed E-state index contributed by atoms with van der Waals surface area (Å²) < 4.78 is 5.74. The van der Waals surface area contributed by atoms with E-state index in [4.69, 9.17) is 4.74 Å². The van der Waals surface area contributed by atoms with Crippen molar-refractivity contribution in [2.24, 2.45) is 0 Å². The lowest BCUT2D eigenvalue weighted by Gasteiger charge is -2.16. The van der Waals surface area contributed by atoms with Gasteiger partial charge >= 0.3 is 0 Å². The fourth-order valence-corrected chi connectivity index (χ4v) is 5.07. The van der Waals surface area contributed by atoms with Crippen molar-refractivity contribution in [2.75, 3.05) is 20.6 Å². The SMILES string of the molecule is CC(C)Oc1ccc(-c2ncc(-c3cccc4c3CC[C@@H]4NCC(=O)N(C)C)s2)cc1C#N. The van der Waals surface area contributed by atoms with Gasteiger partial charge in [0, 0.05) is 31.9 Å². The molecule has 33 heavy (non-hydrogen) atoms. The van der Waals surface area contributed by atoms with Crippen molar-refractivity contribution in [1.29, 1.82) is 5.26 Å². The summed E-state index contributed by atoms with van der Waals surface area (Å²) in [5.74, 6) is 0.674. The monoisotopic (exact) mass is 460 g/mol. The van der Waals surface area contributed by atoms with Gasteiger partial charge in [0.1, 0.15) is 16.8 Å². The number of thiazole rings is 1. The van der Waals surface area contributed by atoms with Crippen molar-refractivity contribution in [3.8, 4) is 32.8 Å². The Bertz CT molecular complexity index is 1210. The highest BCUT2D eigenvalue weighted by Crippen LogP contribution is 2.41. The van der Waals surface area contributed by atoms with Crippen LogP contribution in [0.2, 0.25) is 0 Å². The third-order valence-electron chi connectivity index (χ3n) is 5.75. The lowest BCUT2D eigenvalue weighted by Crippen LogP contribution is -2.34. The number of fused-ring (bicyclic) bond motifs is 1. The highest BCUT2D eigenvalue weighted by Gasteiger charge is 2.26. The van der Waals surface area contributed by atoms with Gasteiger partial charge in [-0.1, -0.05) is 18.2 Å².